The van der Waals surface area contributed by atoms with Gasteiger partial charge in [-0.3, -0.25) is 14.5 Å². The molecule has 0 saturated carbocycles. The molecule has 6 heteroatoms. The van der Waals surface area contributed by atoms with Crippen LogP contribution in [0, 0.1) is 5.92 Å². The van der Waals surface area contributed by atoms with Gasteiger partial charge in [-0.2, -0.15) is 0 Å². The molecule has 17 heavy (non-hydrogen) atoms. The summed E-state index contributed by atoms with van der Waals surface area (Å²) in [5.74, 6) is -1.36. The number of nitrogens with zero attached hydrogens (tertiary/aromatic N) is 2. The Morgan fingerprint density at radius 3 is 2.82 bits per heavy atom. The summed E-state index contributed by atoms with van der Waals surface area (Å²) in [6.45, 7) is 2.14. The summed E-state index contributed by atoms with van der Waals surface area (Å²) in [6, 6.07) is 0. The summed E-state index contributed by atoms with van der Waals surface area (Å²) >= 11 is 0. The van der Waals surface area contributed by atoms with E-state index in [-0.39, 0.29) is 12.5 Å². The third-order valence-electron chi connectivity index (χ3n) is 2.86. The van der Waals surface area contributed by atoms with E-state index in [1.807, 2.05) is 0 Å². The van der Waals surface area contributed by atoms with Crippen molar-refractivity contribution in [3.63, 3.8) is 0 Å². The molecule has 0 aliphatic carbocycles. The molecular formula is C11H20N2O4. The van der Waals surface area contributed by atoms with Crippen molar-refractivity contribution in [2.24, 2.45) is 5.92 Å². The van der Waals surface area contributed by atoms with Gasteiger partial charge in [0.25, 0.3) is 0 Å². The second kappa shape index (κ2) is 6.56. The monoisotopic (exact) mass is 244 g/mol. The highest BCUT2D eigenvalue weighted by atomic mass is 16.5. The molecule has 0 spiro atoms. The Morgan fingerprint density at radius 2 is 2.24 bits per heavy atom. The SMILES string of the molecule is COCCCN1CC(C(=O)O)CN(C)CC1=O. The lowest BCUT2D eigenvalue weighted by molar-refractivity contribution is -0.142. The summed E-state index contributed by atoms with van der Waals surface area (Å²) in [5.41, 5.74) is 0. The summed E-state index contributed by atoms with van der Waals surface area (Å²) in [5, 5.41) is 9.07. The second-order valence-corrected chi connectivity index (χ2v) is 4.42. The highest BCUT2D eigenvalue weighted by Gasteiger charge is 2.29. The average Bonchev–Trinajstić information content (AvgIpc) is 2.38. The number of likely N-dealkylation sites (N-methyl/N-ethyl adjacent to an activating group) is 1. The number of carboxylic acid groups (broad SMARTS) is 1. The van der Waals surface area contributed by atoms with Crippen LogP contribution in [-0.4, -0.2) is 73.7 Å². The van der Waals surface area contributed by atoms with Crippen LogP contribution in [-0.2, 0) is 14.3 Å². The Hall–Kier alpha value is -1.14. The number of methoxy groups -OCH3 is 1. The first-order valence-electron chi connectivity index (χ1n) is 5.72. The van der Waals surface area contributed by atoms with E-state index in [9.17, 15) is 9.59 Å². The Morgan fingerprint density at radius 1 is 1.53 bits per heavy atom. The van der Waals surface area contributed by atoms with Crippen molar-refractivity contribution in [3.05, 3.63) is 0 Å². The minimum Gasteiger partial charge on any atom is -0.481 e. The van der Waals surface area contributed by atoms with Gasteiger partial charge < -0.3 is 14.7 Å². The molecule has 1 N–H and O–H groups in total. The Kier molecular flexibility index (Phi) is 5.37. The zero-order valence-electron chi connectivity index (χ0n) is 10.4. The highest BCUT2D eigenvalue weighted by molar-refractivity contribution is 5.80. The smallest absolute Gasteiger partial charge is 0.309 e. The Labute approximate surface area is 101 Å². The summed E-state index contributed by atoms with van der Waals surface area (Å²) in [4.78, 5) is 26.3. The molecule has 1 saturated heterocycles. The van der Waals surface area contributed by atoms with Crippen LogP contribution in [0.25, 0.3) is 0 Å². The molecule has 0 radical (unpaired) electrons. The summed E-state index contributed by atoms with van der Waals surface area (Å²) < 4.78 is 4.93. The van der Waals surface area contributed by atoms with E-state index < -0.39 is 11.9 Å². The van der Waals surface area contributed by atoms with E-state index in [1.165, 1.54) is 0 Å². The van der Waals surface area contributed by atoms with Crippen LogP contribution in [0.15, 0.2) is 0 Å². The molecule has 6 nitrogen and oxygen atoms in total. The van der Waals surface area contributed by atoms with Gasteiger partial charge in [0.1, 0.15) is 0 Å². The molecule has 0 aromatic carbocycles. The van der Waals surface area contributed by atoms with Crippen LogP contribution >= 0.6 is 0 Å². The molecule has 0 aromatic rings. The van der Waals surface area contributed by atoms with Gasteiger partial charge in [0, 0.05) is 33.4 Å². The molecule has 0 aromatic heterocycles. The summed E-state index contributed by atoms with van der Waals surface area (Å²) in [7, 11) is 3.38. The molecule has 1 heterocycles. The average molecular weight is 244 g/mol. The van der Waals surface area contributed by atoms with Gasteiger partial charge in [-0.15, -0.1) is 0 Å². The van der Waals surface area contributed by atoms with E-state index in [4.69, 9.17) is 9.84 Å². The van der Waals surface area contributed by atoms with Gasteiger partial charge in [0.2, 0.25) is 5.91 Å². The molecule has 1 aliphatic rings. The van der Waals surface area contributed by atoms with Crippen molar-refractivity contribution >= 4 is 11.9 Å². The first kappa shape index (κ1) is 13.9. The number of carboxylic acids is 1. The van der Waals surface area contributed by atoms with Gasteiger partial charge >= 0.3 is 5.97 Å². The maximum atomic E-state index is 11.8. The van der Waals surface area contributed by atoms with E-state index >= 15 is 0 Å². The first-order valence-corrected chi connectivity index (χ1v) is 5.72. The van der Waals surface area contributed by atoms with Gasteiger partial charge in [0.15, 0.2) is 0 Å². The normalized spacial score (nSPS) is 22.6. The van der Waals surface area contributed by atoms with Crippen molar-refractivity contribution in [3.8, 4) is 0 Å². The molecule has 98 valence electrons. The number of hydrogen-bond donors (Lipinski definition) is 1. The molecule has 1 aliphatic heterocycles. The van der Waals surface area contributed by atoms with Crippen molar-refractivity contribution < 1.29 is 19.4 Å². The number of ether oxygens (including phenoxy) is 1. The lowest BCUT2D eigenvalue weighted by Gasteiger charge is -2.22. The van der Waals surface area contributed by atoms with Crippen LogP contribution in [0.3, 0.4) is 0 Å². The highest BCUT2D eigenvalue weighted by Crippen LogP contribution is 2.10. The van der Waals surface area contributed by atoms with E-state index in [0.717, 1.165) is 6.42 Å². The van der Waals surface area contributed by atoms with Crippen LogP contribution < -0.4 is 0 Å². The predicted octanol–water partition coefficient (Wildman–Crippen LogP) is -0.502. The van der Waals surface area contributed by atoms with Gasteiger partial charge in [-0.1, -0.05) is 0 Å². The lowest BCUT2D eigenvalue weighted by Crippen LogP contribution is -2.38. The van der Waals surface area contributed by atoms with Crippen molar-refractivity contribution in [1.29, 1.82) is 0 Å². The standard InChI is InChI=1S/C11H20N2O4/c1-12-6-9(11(15)16)7-13(10(14)8-12)4-3-5-17-2/h9H,3-8H2,1-2H3,(H,15,16). The van der Waals surface area contributed by atoms with Crippen molar-refractivity contribution in [2.75, 3.05) is 46.9 Å². The van der Waals surface area contributed by atoms with Crippen LogP contribution in [0.4, 0.5) is 0 Å². The topological polar surface area (TPSA) is 70.1 Å². The molecule has 1 unspecified atom stereocenters. The minimum absolute atomic E-state index is 0.00708. The fourth-order valence-corrected chi connectivity index (χ4v) is 1.97. The lowest BCUT2D eigenvalue weighted by atomic mass is 10.1. The van der Waals surface area contributed by atoms with E-state index in [1.54, 1.807) is 24.0 Å². The van der Waals surface area contributed by atoms with Crippen LogP contribution in [0.2, 0.25) is 0 Å². The number of amides is 1. The zero-order chi connectivity index (χ0) is 12.8. The third-order valence-corrected chi connectivity index (χ3v) is 2.86. The fraction of sp³-hybridized carbons (Fsp3) is 0.818. The van der Waals surface area contributed by atoms with E-state index in [0.29, 0.717) is 26.2 Å². The van der Waals surface area contributed by atoms with E-state index in [2.05, 4.69) is 0 Å². The molecule has 1 rings (SSSR count). The quantitative estimate of drug-likeness (QED) is 0.660. The molecule has 1 atom stereocenters. The van der Waals surface area contributed by atoms with Gasteiger partial charge in [-0.25, -0.2) is 0 Å². The largest absolute Gasteiger partial charge is 0.481 e. The first-order chi connectivity index (χ1) is 8.04. The second-order valence-electron chi connectivity index (χ2n) is 4.42. The number of carbonyl (C=O) groups excluding carboxylic acids is 1. The minimum atomic E-state index is -0.844. The number of carbonyl (C=O) groups is 2. The summed E-state index contributed by atoms with van der Waals surface area (Å²) in [6.07, 6.45) is 0.734. The molecule has 0 bridgehead atoms. The number of rotatable bonds is 5. The maximum absolute atomic E-state index is 11.8. The predicted molar refractivity (Wildman–Crippen MR) is 61.7 cm³/mol. The molecule has 1 amide bonds. The molecule has 1 fully saturated rings. The van der Waals surface area contributed by atoms with Gasteiger partial charge in [-0.05, 0) is 13.5 Å². The van der Waals surface area contributed by atoms with Crippen LogP contribution in [0.1, 0.15) is 6.42 Å². The molecular weight excluding hydrogens is 224 g/mol. The number of hydrogen-bond acceptors (Lipinski definition) is 4. The van der Waals surface area contributed by atoms with Gasteiger partial charge in [0.05, 0.1) is 12.5 Å². The number of aliphatic carboxylic acids is 1. The third kappa shape index (κ3) is 4.32. The zero-order valence-corrected chi connectivity index (χ0v) is 10.4. The Bertz CT molecular complexity index is 283. The van der Waals surface area contributed by atoms with Crippen molar-refractivity contribution in [1.82, 2.24) is 9.80 Å². The van der Waals surface area contributed by atoms with Crippen molar-refractivity contribution in [2.45, 2.75) is 6.42 Å². The Balaban J connectivity index is 2.59. The fourth-order valence-electron chi connectivity index (χ4n) is 1.97. The maximum Gasteiger partial charge on any atom is 0.309 e. The van der Waals surface area contributed by atoms with Crippen LogP contribution in [0.5, 0.6) is 0 Å².